The third-order valence-electron chi connectivity index (χ3n) is 0.711. The minimum Gasteiger partial charge on any atom is -0.388 e. The molecule has 0 bridgehead atoms. The summed E-state index contributed by atoms with van der Waals surface area (Å²) >= 11 is -1.54. The first-order valence-corrected chi connectivity index (χ1v) is 3.17. The van der Waals surface area contributed by atoms with Crippen LogP contribution in [0.4, 0.5) is 0 Å². The van der Waals surface area contributed by atoms with E-state index in [4.69, 9.17) is 0 Å². The summed E-state index contributed by atoms with van der Waals surface area (Å²) < 4.78 is 19.3. The third kappa shape index (κ3) is 1.31. The van der Waals surface area contributed by atoms with Gasteiger partial charge in [-0.2, -0.15) is 4.21 Å². The Hall–Kier alpha value is -0.350. The van der Waals surface area contributed by atoms with Crippen molar-refractivity contribution >= 4 is 11.4 Å². The van der Waals surface area contributed by atoms with Crippen LogP contribution in [-0.2, 0) is 19.7 Å². The molecule has 0 spiro atoms. The first-order chi connectivity index (χ1) is 3.79. The fourth-order valence-electron chi connectivity index (χ4n) is 0.324. The molecule has 0 aromatic carbocycles. The summed E-state index contributed by atoms with van der Waals surface area (Å²) in [6.45, 7) is 2.25. The van der Waals surface area contributed by atoms with E-state index in [0.29, 0.717) is 6.61 Å². The molecule has 1 unspecified atom stereocenters. The molecular formula is C4H6O3S. The van der Waals surface area contributed by atoms with Gasteiger partial charge in [0.05, 0.1) is 6.61 Å². The van der Waals surface area contributed by atoms with Crippen molar-refractivity contribution in [1.82, 2.24) is 0 Å². The Morgan fingerprint density at radius 3 is 3.00 bits per heavy atom. The second-order valence-electron chi connectivity index (χ2n) is 1.53. The van der Waals surface area contributed by atoms with Crippen molar-refractivity contribution in [2.24, 2.45) is 0 Å². The highest BCUT2D eigenvalue weighted by atomic mass is 32.2. The van der Waals surface area contributed by atoms with Crippen molar-refractivity contribution in [3.63, 3.8) is 0 Å². The lowest BCUT2D eigenvalue weighted by Crippen LogP contribution is -2.06. The summed E-state index contributed by atoms with van der Waals surface area (Å²) in [7, 11) is 0. The van der Waals surface area contributed by atoms with E-state index in [9.17, 15) is 4.21 Å². The fourth-order valence-corrected chi connectivity index (χ4v) is 0.905. The van der Waals surface area contributed by atoms with Gasteiger partial charge < -0.3 is 4.18 Å². The molecule has 0 N–H and O–H groups in total. The predicted molar refractivity (Wildman–Crippen MR) is 28.9 cm³/mol. The SMILES string of the molecule is CC1=COS(=O)OC1. The van der Waals surface area contributed by atoms with E-state index in [1.54, 1.807) is 0 Å². The summed E-state index contributed by atoms with van der Waals surface area (Å²) in [6, 6.07) is 0. The summed E-state index contributed by atoms with van der Waals surface area (Å²) in [4.78, 5) is 0. The predicted octanol–water partition coefficient (Wildman–Crippen LogP) is 0.516. The lowest BCUT2D eigenvalue weighted by atomic mass is 10.4. The highest BCUT2D eigenvalue weighted by Gasteiger charge is 2.05. The Balaban J connectivity index is 2.55. The maximum atomic E-state index is 10.2. The normalized spacial score (nSPS) is 28.6. The molecule has 1 aliphatic rings. The van der Waals surface area contributed by atoms with E-state index in [0.717, 1.165) is 5.57 Å². The van der Waals surface area contributed by atoms with Crippen LogP contribution < -0.4 is 0 Å². The molecule has 0 aliphatic carbocycles. The van der Waals surface area contributed by atoms with Gasteiger partial charge in [0.25, 0.3) is 0 Å². The van der Waals surface area contributed by atoms with Crippen LogP contribution in [0, 0.1) is 0 Å². The average Bonchev–Trinajstić information content (AvgIpc) is 1.77. The fraction of sp³-hybridized carbons (Fsp3) is 0.500. The molecule has 1 aliphatic heterocycles. The van der Waals surface area contributed by atoms with E-state index in [2.05, 4.69) is 8.37 Å². The van der Waals surface area contributed by atoms with Crippen LogP contribution >= 0.6 is 0 Å². The molecule has 8 heavy (non-hydrogen) atoms. The highest BCUT2D eigenvalue weighted by Crippen LogP contribution is 2.04. The minimum absolute atomic E-state index is 0.409. The molecule has 0 amide bonds. The molecule has 0 aromatic rings. The summed E-state index contributed by atoms with van der Waals surface area (Å²) in [5.74, 6) is 0. The summed E-state index contributed by atoms with van der Waals surface area (Å²) in [5, 5.41) is 0. The van der Waals surface area contributed by atoms with E-state index in [-0.39, 0.29) is 0 Å². The van der Waals surface area contributed by atoms with Crippen LogP contribution in [0.15, 0.2) is 11.8 Å². The maximum Gasteiger partial charge on any atom is 0.359 e. The second-order valence-corrected chi connectivity index (χ2v) is 2.36. The topological polar surface area (TPSA) is 35.5 Å². The highest BCUT2D eigenvalue weighted by molar-refractivity contribution is 7.75. The van der Waals surface area contributed by atoms with E-state index in [1.807, 2.05) is 6.92 Å². The van der Waals surface area contributed by atoms with Crippen molar-refractivity contribution in [3.05, 3.63) is 11.8 Å². The Bertz CT molecular complexity index is 140. The van der Waals surface area contributed by atoms with Crippen molar-refractivity contribution in [2.45, 2.75) is 6.92 Å². The molecule has 0 saturated heterocycles. The lowest BCUT2D eigenvalue weighted by Gasteiger charge is -2.07. The molecule has 0 fully saturated rings. The van der Waals surface area contributed by atoms with Crippen molar-refractivity contribution < 1.29 is 12.6 Å². The zero-order valence-corrected chi connectivity index (χ0v) is 5.23. The van der Waals surface area contributed by atoms with Gasteiger partial charge >= 0.3 is 11.4 Å². The lowest BCUT2D eigenvalue weighted by molar-refractivity contribution is 0.294. The number of rotatable bonds is 0. The quantitative estimate of drug-likeness (QED) is 0.484. The van der Waals surface area contributed by atoms with Gasteiger partial charge in [-0.1, -0.05) is 0 Å². The first-order valence-electron chi connectivity index (χ1n) is 2.17. The Morgan fingerprint density at radius 2 is 2.62 bits per heavy atom. The molecule has 46 valence electrons. The average molecular weight is 134 g/mol. The first kappa shape index (κ1) is 5.78. The van der Waals surface area contributed by atoms with Crippen molar-refractivity contribution in [1.29, 1.82) is 0 Å². The van der Waals surface area contributed by atoms with E-state index in [1.165, 1.54) is 6.26 Å². The number of hydrogen-bond donors (Lipinski definition) is 0. The summed E-state index contributed by atoms with van der Waals surface area (Å²) in [5.41, 5.74) is 0.949. The van der Waals surface area contributed by atoms with Crippen LogP contribution in [-0.4, -0.2) is 10.8 Å². The zero-order valence-electron chi connectivity index (χ0n) is 4.42. The van der Waals surface area contributed by atoms with Gasteiger partial charge in [-0.05, 0) is 12.5 Å². The maximum absolute atomic E-state index is 10.2. The smallest absolute Gasteiger partial charge is 0.359 e. The van der Waals surface area contributed by atoms with Crippen LogP contribution in [0.2, 0.25) is 0 Å². The van der Waals surface area contributed by atoms with Crippen molar-refractivity contribution in [3.8, 4) is 0 Å². The molecule has 0 saturated carbocycles. The second kappa shape index (κ2) is 2.28. The molecule has 1 heterocycles. The molecule has 0 radical (unpaired) electrons. The standard InChI is InChI=1S/C4H6O3S/c1-4-2-6-8(5)7-3-4/h2H,3H2,1H3. The van der Waals surface area contributed by atoms with Gasteiger partial charge in [0.1, 0.15) is 6.26 Å². The van der Waals surface area contributed by atoms with E-state index >= 15 is 0 Å². The van der Waals surface area contributed by atoms with Crippen LogP contribution in [0.25, 0.3) is 0 Å². The van der Waals surface area contributed by atoms with Gasteiger partial charge in [0.2, 0.25) is 0 Å². The van der Waals surface area contributed by atoms with Crippen molar-refractivity contribution in [2.75, 3.05) is 6.61 Å². The van der Waals surface area contributed by atoms with Gasteiger partial charge in [0, 0.05) is 0 Å². The molecule has 1 atom stereocenters. The van der Waals surface area contributed by atoms with Gasteiger partial charge in [-0.15, -0.1) is 0 Å². The summed E-state index contributed by atoms with van der Waals surface area (Å²) in [6.07, 6.45) is 1.44. The molecule has 4 heteroatoms. The molecule has 3 nitrogen and oxygen atoms in total. The minimum atomic E-state index is -1.54. The van der Waals surface area contributed by atoms with Crippen LogP contribution in [0.3, 0.4) is 0 Å². The van der Waals surface area contributed by atoms with Gasteiger partial charge in [-0.25, -0.2) is 0 Å². The largest absolute Gasteiger partial charge is 0.388 e. The Kier molecular flexibility index (Phi) is 1.65. The third-order valence-corrected chi connectivity index (χ3v) is 1.27. The molecule has 1 rings (SSSR count). The van der Waals surface area contributed by atoms with Crippen LogP contribution in [0.1, 0.15) is 6.92 Å². The van der Waals surface area contributed by atoms with Crippen LogP contribution in [0.5, 0.6) is 0 Å². The monoisotopic (exact) mass is 134 g/mol. The Morgan fingerprint density at radius 1 is 1.88 bits per heavy atom. The zero-order chi connectivity index (χ0) is 5.98. The van der Waals surface area contributed by atoms with Gasteiger partial charge in [0.15, 0.2) is 0 Å². The molecule has 0 aromatic heterocycles. The van der Waals surface area contributed by atoms with Gasteiger partial charge in [-0.3, -0.25) is 4.18 Å². The Labute approximate surface area is 50.2 Å². The van der Waals surface area contributed by atoms with E-state index < -0.39 is 11.4 Å². The molecular weight excluding hydrogens is 128 g/mol. The number of hydrogen-bond acceptors (Lipinski definition) is 3.